The van der Waals surface area contributed by atoms with Crippen LogP contribution >= 0.6 is 0 Å². The van der Waals surface area contributed by atoms with Crippen LogP contribution in [0.2, 0.25) is 12.6 Å². The van der Waals surface area contributed by atoms with Crippen LogP contribution in [0.4, 0.5) is 48.3 Å². The fourth-order valence-corrected chi connectivity index (χ4v) is 7.71. The van der Waals surface area contributed by atoms with Gasteiger partial charge in [-0.25, -0.2) is 4.79 Å². The number of hydrogen-bond donors (Lipinski definition) is 0. The molecule has 292 valence electrons. The van der Waals surface area contributed by atoms with Crippen LogP contribution in [-0.2, 0) is 15.3 Å². The van der Waals surface area contributed by atoms with Crippen molar-refractivity contribution in [3.05, 3.63) is 58.4 Å². The van der Waals surface area contributed by atoms with Crippen molar-refractivity contribution in [3.63, 3.8) is 0 Å². The van der Waals surface area contributed by atoms with Crippen LogP contribution in [0.5, 0.6) is 11.5 Å². The van der Waals surface area contributed by atoms with Gasteiger partial charge in [0.05, 0.1) is 18.6 Å². The molecule has 1 aromatic heterocycles. The highest BCUT2D eigenvalue weighted by Gasteiger charge is 2.79. The van der Waals surface area contributed by atoms with Crippen molar-refractivity contribution in [3.8, 4) is 22.6 Å². The maximum absolute atomic E-state index is 14.6. The van der Waals surface area contributed by atoms with Gasteiger partial charge in [0.15, 0.2) is 0 Å². The Morgan fingerprint density at radius 1 is 0.731 bits per heavy atom. The Morgan fingerprint density at radius 3 is 1.92 bits per heavy atom. The van der Waals surface area contributed by atoms with Crippen molar-refractivity contribution in [2.45, 2.75) is 102 Å². The number of rotatable bonds is 20. The molecule has 0 N–H and O–H groups in total. The summed E-state index contributed by atoms with van der Waals surface area (Å²) in [6.45, 7) is 4.72. The third kappa shape index (κ3) is 10.2. The van der Waals surface area contributed by atoms with Crippen LogP contribution in [0.1, 0.15) is 58.4 Å². The van der Waals surface area contributed by atoms with Gasteiger partial charge >= 0.3 is 44.2 Å². The van der Waals surface area contributed by atoms with Gasteiger partial charge in [-0.15, -0.1) is 13.2 Å². The molecule has 2 aromatic carbocycles. The first-order valence-electron chi connectivity index (χ1n) is 16.4. The molecule has 0 radical (unpaired) electrons. The summed E-state index contributed by atoms with van der Waals surface area (Å²) < 4.78 is 181. The predicted molar refractivity (Wildman–Crippen MR) is 172 cm³/mol. The number of unbranched alkanes of at least 4 members (excludes halogenated alkanes) is 2. The van der Waals surface area contributed by atoms with E-state index in [2.05, 4.69) is 4.74 Å². The first kappa shape index (κ1) is 43.0. The van der Waals surface area contributed by atoms with Gasteiger partial charge in [-0.2, -0.15) is 35.1 Å². The summed E-state index contributed by atoms with van der Waals surface area (Å²) in [4.78, 5) is 12.9. The minimum absolute atomic E-state index is 0.0430. The Labute approximate surface area is 293 Å². The van der Waals surface area contributed by atoms with E-state index < -0.39 is 75.5 Å². The van der Waals surface area contributed by atoms with Crippen LogP contribution in [0.25, 0.3) is 22.1 Å². The second-order valence-electron chi connectivity index (χ2n) is 12.1. The maximum atomic E-state index is 14.6. The van der Waals surface area contributed by atoms with E-state index in [1.807, 2.05) is 6.92 Å². The Morgan fingerprint density at radius 2 is 1.35 bits per heavy atom. The molecule has 3 aromatic rings. The lowest BCUT2D eigenvalue weighted by Crippen LogP contribution is -2.62. The van der Waals surface area contributed by atoms with Gasteiger partial charge in [-0.3, -0.25) is 0 Å². The Bertz CT molecular complexity index is 1690. The van der Waals surface area contributed by atoms with E-state index in [1.165, 1.54) is 44.7 Å². The van der Waals surface area contributed by atoms with Gasteiger partial charge in [0.25, 0.3) is 0 Å². The van der Waals surface area contributed by atoms with Crippen LogP contribution in [0.3, 0.4) is 0 Å². The van der Waals surface area contributed by atoms with E-state index in [0.717, 1.165) is 31.0 Å². The molecule has 0 saturated carbocycles. The van der Waals surface area contributed by atoms with E-state index in [0.29, 0.717) is 18.4 Å². The van der Waals surface area contributed by atoms with Gasteiger partial charge in [0.2, 0.25) is 0 Å². The summed E-state index contributed by atoms with van der Waals surface area (Å²) in [6, 6.07) is 7.51. The zero-order chi connectivity index (χ0) is 39.2. The molecular formula is C34H39F11O6Si. The highest BCUT2D eigenvalue weighted by atomic mass is 28.4. The fourth-order valence-electron chi connectivity index (χ4n) is 5.35. The van der Waals surface area contributed by atoms with E-state index in [-0.39, 0.29) is 41.1 Å². The molecule has 3 rings (SSSR count). The molecule has 0 fully saturated rings. The molecule has 0 aliphatic rings. The molecule has 0 spiro atoms. The average molecular weight is 781 g/mol. The zero-order valence-corrected chi connectivity index (χ0v) is 29.7. The third-order valence-corrected chi connectivity index (χ3v) is 11.1. The second kappa shape index (κ2) is 16.7. The number of fused-ring (bicyclic) bond motifs is 1. The highest BCUT2D eigenvalue weighted by molar-refractivity contribution is 6.66. The van der Waals surface area contributed by atoms with Crippen molar-refractivity contribution >= 4 is 19.5 Å². The normalized spacial score (nSPS) is 13.5. The van der Waals surface area contributed by atoms with Crippen molar-refractivity contribution < 1.29 is 71.0 Å². The summed E-state index contributed by atoms with van der Waals surface area (Å²) in [5.74, 6) is -25.3. The smallest absolute Gasteiger partial charge is 0.493 e. The molecule has 6 nitrogen and oxygen atoms in total. The molecule has 18 heteroatoms. The molecular weight excluding hydrogens is 741 g/mol. The molecule has 1 heterocycles. The van der Waals surface area contributed by atoms with Crippen LogP contribution in [0, 0.1) is 0 Å². The first-order valence-corrected chi connectivity index (χ1v) is 18.9. The maximum Gasteiger partial charge on any atom is 0.573 e. The SMILES string of the molecule is CCCCCc1ccc(-c2cc3ccc(OCCC(F)(F)C(F)(F)C(F)(F)C(F)(F)CC[Si](C)(OCC)OCC)cc3oc2=O)c(OC(F)(F)F)c1. The Hall–Kier alpha value is -3.38. The molecule has 0 amide bonds. The summed E-state index contributed by atoms with van der Waals surface area (Å²) in [7, 11) is -3.50. The fraction of sp³-hybridized carbons (Fsp3) is 0.559. The lowest BCUT2D eigenvalue weighted by Gasteiger charge is -2.37. The lowest BCUT2D eigenvalue weighted by molar-refractivity contribution is -0.367. The molecule has 0 aliphatic heterocycles. The molecule has 0 aliphatic carbocycles. The summed E-state index contributed by atoms with van der Waals surface area (Å²) in [6.07, 6.45) is -6.23. The third-order valence-electron chi connectivity index (χ3n) is 8.13. The van der Waals surface area contributed by atoms with Crippen LogP contribution < -0.4 is 15.1 Å². The standard InChI is InChI=1S/C34H39F11O6Si/c1-5-8-9-10-22-11-14-25(28(19-22)51-34(43,44)45)26-20-23-12-13-24(21-27(23)50-29(26)46)47-17-15-30(35,36)32(39,40)33(41,42)31(37,38)16-18-52(4,48-6-2)49-7-3/h11-14,19-21H,5-10,15-18H2,1-4H3. The Kier molecular flexibility index (Phi) is 13.9. The van der Waals surface area contributed by atoms with Gasteiger partial charge in [0, 0.05) is 36.7 Å². The van der Waals surface area contributed by atoms with Crippen molar-refractivity contribution in [1.29, 1.82) is 0 Å². The van der Waals surface area contributed by atoms with Crippen molar-refractivity contribution in [1.82, 2.24) is 0 Å². The van der Waals surface area contributed by atoms with E-state index in [1.54, 1.807) is 0 Å². The first-order chi connectivity index (χ1) is 24.0. The molecule has 0 atom stereocenters. The molecule has 0 bridgehead atoms. The summed E-state index contributed by atoms with van der Waals surface area (Å²) >= 11 is 0. The van der Waals surface area contributed by atoms with Crippen LogP contribution in [-0.4, -0.2) is 58.4 Å². The average Bonchev–Trinajstić information content (AvgIpc) is 3.03. The number of ether oxygens (including phenoxy) is 2. The highest BCUT2D eigenvalue weighted by Crippen LogP contribution is 2.55. The molecule has 52 heavy (non-hydrogen) atoms. The van der Waals surface area contributed by atoms with Crippen molar-refractivity contribution in [2.24, 2.45) is 0 Å². The lowest BCUT2D eigenvalue weighted by atomic mass is 9.95. The predicted octanol–water partition coefficient (Wildman–Crippen LogP) is 10.9. The quantitative estimate of drug-likeness (QED) is 0.0492. The number of halogens is 11. The number of hydrogen-bond acceptors (Lipinski definition) is 6. The topological polar surface area (TPSA) is 67.1 Å². The molecule has 0 saturated heterocycles. The minimum atomic E-state index is -6.52. The molecule has 0 unspecified atom stereocenters. The Balaban J connectivity index is 1.78. The zero-order valence-electron chi connectivity index (χ0n) is 28.7. The van der Waals surface area contributed by atoms with Crippen LogP contribution in [0.15, 0.2) is 51.7 Å². The van der Waals surface area contributed by atoms with E-state index >= 15 is 0 Å². The van der Waals surface area contributed by atoms with E-state index in [9.17, 15) is 53.1 Å². The second-order valence-corrected chi connectivity index (χ2v) is 15.5. The van der Waals surface area contributed by atoms with Gasteiger partial charge < -0.3 is 22.7 Å². The minimum Gasteiger partial charge on any atom is -0.493 e. The van der Waals surface area contributed by atoms with Gasteiger partial charge in [0.1, 0.15) is 17.1 Å². The van der Waals surface area contributed by atoms with Gasteiger partial charge in [-0.1, -0.05) is 31.9 Å². The van der Waals surface area contributed by atoms with Crippen molar-refractivity contribution in [2.75, 3.05) is 19.8 Å². The monoisotopic (exact) mass is 780 g/mol. The number of benzene rings is 2. The largest absolute Gasteiger partial charge is 0.573 e. The summed E-state index contributed by atoms with van der Waals surface area (Å²) in [5.41, 5.74) is -1.41. The number of aryl methyl sites for hydroxylation is 1. The number of alkyl halides is 11. The van der Waals surface area contributed by atoms with E-state index in [4.69, 9.17) is 18.0 Å². The summed E-state index contributed by atoms with van der Waals surface area (Å²) in [5, 5.41) is 0.110. The van der Waals surface area contributed by atoms with Gasteiger partial charge in [-0.05, 0) is 69.1 Å².